The second-order valence-electron chi connectivity index (χ2n) is 5.80. The minimum absolute atomic E-state index is 0.0648. The molecular formula is C19H19N3O4S. The SMILES string of the molecule is COC(=O)CC(NC(=O)CCc1nc(-c2cccs2)no1)c1ccccc1. The molecule has 7 nitrogen and oxygen atoms in total. The van der Waals surface area contributed by atoms with Crippen molar-refractivity contribution in [3.63, 3.8) is 0 Å². The summed E-state index contributed by atoms with van der Waals surface area (Å²) in [5.74, 6) is 0.330. The Morgan fingerprint density at radius 3 is 2.74 bits per heavy atom. The van der Waals surface area contributed by atoms with Gasteiger partial charge >= 0.3 is 5.97 Å². The standard InChI is InChI=1S/C19H19N3O4S/c1-25-18(24)12-14(13-6-3-2-4-7-13)20-16(23)9-10-17-21-19(22-26-17)15-8-5-11-27-15/h2-8,11,14H,9-10,12H2,1H3,(H,20,23). The Balaban J connectivity index is 1.58. The zero-order valence-corrected chi connectivity index (χ0v) is 15.6. The number of thiophene rings is 1. The molecule has 1 atom stereocenters. The largest absolute Gasteiger partial charge is 0.469 e. The van der Waals surface area contributed by atoms with Gasteiger partial charge in [0.25, 0.3) is 0 Å². The fourth-order valence-corrected chi connectivity index (χ4v) is 3.19. The number of hydrogen-bond donors (Lipinski definition) is 1. The molecule has 0 aliphatic heterocycles. The van der Waals surface area contributed by atoms with Crippen molar-refractivity contribution in [3.8, 4) is 10.7 Å². The Labute approximate surface area is 160 Å². The smallest absolute Gasteiger partial charge is 0.307 e. The van der Waals surface area contributed by atoms with Crippen LogP contribution in [-0.4, -0.2) is 29.1 Å². The highest BCUT2D eigenvalue weighted by atomic mass is 32.1. The molecule has 8 heteroatoms. The average molecular weight is 385 g/mol. The van der Waals surface area contributed by atoms with E-state index in [9.17, 15) is 9.59 Å². The number of hydrogen-bond acceptors (Lipinski definition) is 7. The number of nitrogens with zero attached hydrogens (tertiary/aromatic N) is 2. The predicted molar refractivity (Wildman–Crippen MR) is 99.9 cm³/mol. The molecule has 0 aliphatic rings. The summed E-state index contributed by atoms with van der Waals surface area (Å²) >= 11 is 1.52. The van der Waals surface area contributed by atoms with E-state index in [4.69, 9.17) is 9.26 Å². The highest BCUT2D eigenvalue weighted by molar-refractivity contribution is 7.13. The Bertz CT molecular complexity index is 878. The molecule has 1 unspecified atom stereocenters. The van der Waals surface area contributed by atoms with Gasteiger partial charge in [-0.3, -0.25) is 9.59 Å². The van der Waals surface area contributed by atoms with E-state index in [0.717, 1.165) is 10.4 Å². The number of rotatable bonds is 8. The monoisotopic (exact) mass is 385 g/mol. The highest BCUT2D eigenvalue weighted by Crippen LogP contribution is 2.22. The molecule has 3 rings (SSSR count). The van der Waals surface area contributed by atoms with Gasteiger partial charge in [0.05, 0.1) is 24.4 Å². The lowest BCUT2D eigenvalue weighted by atomic mass is 10.0. The van der Waals surface area contributed by atoms with Crippen molar-refractivity contribution < 1.29 is 18.8 Å². The van der Waals surface area contributed by atoms with E-state index in [-0.39, 0.29) is 24.7 Å². The summed E-state index contributed by atoms with van der Waals surface area (Å²) in [4.78, 5) is 29.2. The van der Waals surface area contributed by atoms with Crippen LogP contribution in [0.25, 0.3) is 10.7 Å². The number of nitrogens with one attached hydrogen (secondary N) is 1. The number of aromatic nitrogens is 2. The van der Waals surface area contributed by atoms with Crippen molar-refractivity contribution in [1.29, 1.82) is 0 Å². The molecule has 1 N–H and O–H groups in total. The first-order valence-corrected chi connectivity index (χ1v) is 9.31. The second kappa shape index (κ2) is 9.09. The lowest BCUT2D eigenvalue weighted by Gasteiger charge is -2.18. The van der Waals surface area contributed by atoms with Crippen molar-refractivity contribution in [2.45, 2.75) is 25.3 Å². The fourth-order valence-electron chi connectivity index (χ4n) is 2.54. The lowest BCUT2D eigenvalue weighted by molar-refractivity contribution is -0.141. The molecule has 27 heavy (non-hydrogen) atoms. The normalized spacial score (nSPS) is 11.7. The summed E-state index contributed by atoms with van der Waals surface area (Å²) in [5, 5.41) is 8.74. The summed E-state index contributed by atoms with van der Waals surface area (Å²) < 4.78 is 9.93. The molecular weight excluding hydrogens is 366 g/mol. The number of amides is 1. The molecule has 0 radical (unpaired) electrons. The zero-order chi connectivity index (χ0) is 19.1. The van der Waals surface area contributed by atoms with Crippen LogP contribution >= 0.6 is 11.3 Å². The lowest BCUT2D eigenvalue weighted by Crippen LogP contribution is -2.30. The second-order valence-corrected chi connectivity index (χ2v) is 6.75. The molecule has 0 saturated heterocycles. The van der Waals surface area contributed by atoms with E-state index in [0.29, 0.717) is 18.1 Å². The van der Waals surface area contributed by atoms with Crippen molar-refractivity contribution in [3.05, 3.63) is 59.3 Å². The summed E-state index contributed by atoms with van der Waals surface area (Å²) in [7, 11) is 1.33. The van der Waals surface area contributed by atoms with Gasteiger partial charge in [-0.1, -0.05) is 41.6 Å². The maximum absolute atomic E-state index is 12.4. The maximum Gasteiger partial charge on any atom is 0.307 e. The van der Waals surface area contributed by atoms with E-state index in [1.807, 2.05) is 47.8 Å². The van der Waals surface area contributed by atoms with Crippen LogP contribution in [-0.2, 0) is 20.7 Å². The zero-order valence-electron chi connectivity index (χ0n) is 14.8. The number of esters is 1. The highest BCUT2D eigenvalue weighted by Gasteiger charge is 2.19. The van der Waals surface area contributed by atoms with Crippen LogP contribution in [0.5, 0.6) is 0 Å². The Morgan fingerprint density at radius 1 is 1.22 bits per heavy atom. The average Bonchev–Trinajstić information content (AvgIpc) is 3.38. The number of ether oxygens (including phenoxy) is 1. The molecule has 1 aromatic carbocycles. The third-order valence-electron chi connectivity index (χ3n) is 3.91. The predicted octanol–water partition coefficient (Wildman–Crippen LogP) is 3.15. The van der Waals surface area contributed by atoms with Crippen LogP contribution in [0.2, 0.25) is 0 Å². The summed E-state index contributed by atoms with van der Waals surface area (Å²) in [6.45, 7) is 0. The van der Waals surface area contributed by atoms with E-state index in [2.05, 4.69) is 15.5 Å². The summed E-state index contributed by atoms with van der Waals surface area (Å²) in [6.07, 6.45) is 0.565. The van der Waals surface area contributed by atoms with Gasteiger partial charge in [-0.15, -0.1) is 11.3 Å². The molecule has 140 valence electrons. The maximum atomic E-state index is 12.4. The minimum Gasteiger partial charge on any atom is -0.469 e. The van der Waals surface area contributed by atoms with Crippen LogP contribution in [0.1, 0.15) is 30.3 Å². The Morgan fingerprint density at radius 2 is 2.04 bits per heavy atom. The van der Waals surface area contributed by atoms with E-state index in [1.165, 1.54) is 18.4 Å². The van der Waals surface area contributed by atoms with Crippen LogP contribution < -0.4 is 5.32 Å². The van der Waals surface area contributed by atoms with Crippen LogP contribution in [0, 0.1) is 0 Å². The number of aryl methyl sites for hydroxylation is 1. The topological polar surface area (TPSA) is 94.3 Å². The summed E-state index contributed by atoms with van der Waals surface area (Å²) in [5.41, 5.74) is 0.842. The van der Waals surface area contributed by atoms with Crippen molar-refractivity contribution in [2.24, 2.45) is 0 Å². The van der Waals surface area contributed by atoms with E-state index < -0.39 is 6.04 Å². The first-order valence-electron chi connectivity index (χ1n) is 8.43. The fraction of sp³-hybridized carbons (Fsp3) is 0.263. The molecule has 3 aromatic rings. The van der Waals surface area contributed by atoms with Crippen LogP contribution in [0.15, 0.2) is 52.4 Å². The molecule has 0 spiro atoms. The van der Waals surface area contributed by atoms with Gasteiger partial charge in [0.1, 0.15) is 0 Å². The van der Waals surface area contributed by atoms with Crippen molar-refractivity contribution >= 4 is 23.2 Å². The molecule has 0 fully saturated rings. The van der Waals surface area contributed by atoms with E-state index in [1.54, 1.807) is 0 Å². The first-order chi connectivity index (χ1) is 13.2. The number of carbonyl (C=O) groups is 2. The number of benzene rings is 1. The number of carbonyl (C=O) groups excluding carboxylic acids is 2. The molecule has 1 amide bonds. The molecule has 0 bridgehead atoms. The van der Waals surface area contributed by atoms with Gasteiger partial charge in [0, 0.05) is 12.8 Å². The molecule has 0 saturated carbocycles. The van der Waals surface area contributed by atoms with Crippen molar-refractivity contribution in [2.75, 3.05) is 7.11 Å². The molecule has 2 heterocycles. The third-order valence-corrected chi connectivity index (χ3v) is 4.78. The summed E-state index contributed by atoms with van der Waals surface area (Å²) in [6, 6.07) is 12.7. The van der Waals surface area contributed by atoms with Gasteiger partial charge < -0.3 is 14.6 Å². The molecule has 0 aliphatic carbocycles. The van der Waals surface area contributed by atoms with Crippen LogP contribution in [0.4, 0.5) is 0 Å². The Hall–Kier alpha value is -3.00. The van der Waals surface area contributed by atoms with Gasteiger partial charge in [0.2, 0.25) is 17.6 Å². The minimum atomic E-state index is -0.449. The first kappa shape index (κ1) is 18.8. The Kier molecular flexibility index (Phi) is 6.32. The van der Waals surface area contributed by atoms with Gasteiger partial charge in [-0.25, -0.2) is 0 Å². The van der Waals surface area contributed by atoms with Crippen molar-refractivity contribution in [1.82, 2.24) is 15.5 Å². The van der Waals surface area contributed by atoms with Crippen LogP contribution in [0.3, 0.4) is 0 Å². The third kappa shape index (κ3) is 5.24. The van der Waals surface area contributed by atoms with Gasteiger partial charge in [-0.2, -0.15) is 4.98 Å². The van der Waals surface area contributed by atoms with Gasteiger partial charge in [-0.05, 0) is 17.0 Å². The number of methoxy groups -OCH3 is 1. The molecule has 2 aromatic heterocycles. The van der Waals surface area contributed by atoms with E-state index >= 15 is 0 Å². The quantitative estimate of drug-likeness (QED) is 0.599. The van der Waals surface area contributed by atoms with Gasteiger partial charge in [0.15, 0.2) is 0 Å².